The largest absolute Gasteiger partial charge is 0.453 e. The number of alkyl carbamates (subject to hydrolysis) is 1. The quantitative estimate of drug-likeness (QED) is 0.397. The Morgan fingerprint density at radius 1 is 1.20 bits per heavy atom. The van der Waals surface area contributed by atoms with E-state index in [0.29, 0.717) is 19.8 Å². The smallest absolute Gasteiger partial charge is 0.407 e. The van der Waals surface area contributed by atoms with Crippen LogP contribution in [0.5, 0.6) is 0 Å². The molecule has 0 saturated carbocycles. The number of hydrogen-bond acceptors (Lipinski definition) is 7. The normalized spacial score (nSPS) is 19.8. The van der Waals surface area contributed by atoms with E-state index in [4.69, 9.17) is 19.1 Å². The number of imidazole rings is 1. The fourth-order valence-corrected chi connectivity index (χ4v) is 5.33. The van der Waals surface area contributed by atoms with Crippen LogP contribution >= 0.6 is 0 Å². The molecule has 223 valence electrons. The van der Waals surface area contributed by atoms with Crippen molar-refractivity contribution in [1.82, 2.24) is 20.2 Å². The molecule has 2 amide bonds. The number of H-pyrrole nitrogens is 1. The maximum atomic E-state index is 13.9. The molecular weight excluding hydrogens is 523 g/mol. The SMILES string of the molecule is COC(=O)N[C@H](C(=O)N1CC2(CCOCC2)C[C@H]1c1ncc(-c2ccc([B]OC(C)(C)C(C)(C)O)cc2)[nH]1)C(C)C. The summed E-state index contributed by atoms with van der Waals surface area (Å²) in [7, 11) is 2.95. The lowest BCUT2D eigenvalue weighted by atomic mass is 9.78. The number of carbonyl (C=O) groups is 2. The summed E-state index contributed by atoms with van der Waals surface area (Å²) < 4.78 is 16.3. The van der Waals surface area contributed by atoms with Gasteiger partial charge in [-0.05, 0) is 63.9 Å². The van der Waals surface area contributed by atoms with Crippen LogP contribution in [0.3, 0.4) is 0 Å². The average Bonchev–Trinajstić information content (AvgIpc) is 3.55. The Hall–Kier alpha value is -2.89. The fraction of sp³-hybridized carbons (Fsp3) is 0.633. The molecule has 1 aromatic carbocycles. The third kappa shape index (κ3) is 6.96. The zero-order chi connectivity index (χ0) is 30.0. The molecule has 0 aliphatic carbocycles. The van der Waals surface area contributed by atoms with Gasteiger partial charge in [-0.25, -0.2) is 9.78 Å². The predicted octanol–water partition coefficient (Wildman–Crippen LogP) is 3.34. The monoisotopic (exact) mass is 567 g/mol. The Kier molecular flexibility index (Phi) is 9.21. The summed E-state index contributed by atoms with van der Waals surface area (Å²) in [6, 6.07) is 6.91. The van der Waals surface area contributed by atoms with Crippen LogP contribution in [0.4, 0.5) is 4.79 Å². The third-order valence-electron chi connectivity index (χ3n) is 8.83. The number of aromatic amines is 1. The zero-order valence-electron chi connectivity index (χ0n) is 25.3. The predicted molar refractivity (Wildman–Crippen MR) is 157 cm³/mol. The van der Waals surface area contributed by atoms with E-state index < -0.39 is 23.3 Å². The highest BCUT2D eigenvalue weighted by molar-refractivity contribution is 6.47. The summed E-state index contributed by atoms with van der Waals surface area (Å²) in [6.45, 7) is 12.9. The first-order valence-electron chi connectivity index (χ1n) is 14.4. The van der Waals surface area contributed by atoms with Gasteiger partial charge in [-0.3, -0.25) is 4.79 Å². The van der Waals surface area contributed by atoms with E-state index in [0.717, 1.165) is 41.8 Å². The summed E-state index contributed by atoms with van der Waals surface area (Å²) in [6.07, 6.45) is 3.71. The Morgan fingerprint density at radius 2 is 1.85 bits per heavy atom. The molecule has 4 rings (SSSR count). The van der Waals surface area contributed by atoms with Gasteiger partial charge in [-0.1, -0.05) is 43.6 Å². The summed E-state index contributed by atoms with van der Waals surface area (Å²) >= 11 is 0. The van der Waals surface area contributed by atoms with Gasteiger partial charge in [0.1, 0.15) is 11.9 Å². The van der Waals surface area contributed by atoms with Gasteiger partial charge in [-0.15, -0.1) is 0 Å². The molecule has 2 fully saturated rings. The number of methoxy groups -OCH3 is 1. The molecule has 2 atom stereocenters. The Bertz CT molecular complexity index is 1200. The second-order valence-corrected chi connectivity index (χ2v) is 12.8. The number of nitrogens with zero attached hydrogens (tertiary/aromatic N) is 2. The van der Waals surface area contributed by atoms with Crippen LogP contribution in [-0.4, -0.2) is 83.6 Å². The molecule has 2 saturated heterocycles. The van der Waals surface area contributed by atoms with Gasteiger partial charge in [0.15, 0.2) is 0 Å². The van der Waals surface area contributed by atoms with E-state index >= 15 is 0 Å². The topological polar surface area (TPSA) is 126 Å². The number of benzene rings is 1. The molecule has 0 unspecified atom stereocenters. The maximum Gasteiger partial charge on any atom is 0.407 e. The average molecular weight is 568 g/mol. The molecule has 10 nitrogen and oxygen atoms in total. The number of carbonyl (C=O) groups excluding carboxylic acids is 2. The van der Waals surface area contributed by atoms with Gasteiger partial charge in [0.2, 0.25) is 5.91 Å². The zero-order valence-corrected chi connectivity index (χ0v) is 25.3. The Morgan fingerprint density at radius 3 is 2.44 bits per heavy atom. The standard InChI is InChI=1S/C30H44BN4O6/c1-19(2)24(34-27(37)39-7)26(36)35-18-30(12-14-40-15-13-30)16-23(35)25-32-17-22(33-25)20-8-10-21(11-9-20)31-41-29(5,6)28(3,4)38/h8-11,17,19,23-24,38H,12-16,18H2,1-7H3,(H,32,33)(H,34,37)/t23-,24-/m0/s1. The number of amides is 2. The van der Waals surface area contributed by atoms with Crippen molar-refractivity contribution < 1.29 is 28.8 Å². The first-order valence-corrected chi connectivity index (χ1v) is 14.4. The molecule has 41 heavy (non-hydrogen) atoms. The number of aromatic nitrogens is 2. The van der Waals surface area contributed by atoms with Crippen molar-refractivity contribution in [3.63, 3.8) is 0 Å². The molecule has 3 N–H and O–H groups in total. The van der Waals surface area contributed by atoms with Crippen LogP contribution in [0, 0.1) is 11.3 Å². The van der Waals surface area contributed by atoms with Crippen LogP contribution in [0.1, 0.15) is 72.7 Å². The van der Waals surface area contributed by atoms with Crippen LogP contribution in [0.2, 0.25) is 0 Å². The van der Waals surface area contributed by atoms with Crippen molar-refractivity contribution in [2.75, 3.05) is 26.9 Å². The Balaban J connectivity index is 1.54. The minimum Gasteiger partial charge on any atom is -0.453 e. The summed E-state index contributed by atoms with van der Waals surface area (Å²) in [4.78, 5) is 36.0. The highest BCUT2D eigenvalue weighted by atomic mass is 16.5. The number of rotatable bonds is 9. The molecule has 3 heterocycles. The lowest BCUT2D eigenvalue weighted by Crippen LogP contribution is -2.51. The molecule has 2 aromatic rings. The van der Waals surface area contributed by atoms with Crippen LogP contribution < -0.4 is 10.8 Å². The highest BCUT2D eigenvalue weighted by Crippen LogP contribution is 2.48. The van der Waals surface area contributed by atoms with E-state index in [9.17, 15) is 14.7 Å². The van der Waals surface area contributed by atoms with E-state index in [1.165, 1.54) is 7.11 Å². The van der Waals surface area contributed by atoms with Crippen LogP contribution in [-0.2, 0) is 18.9 Å². The van der Waals surface area contributed by atoms with Gasteiger partial charge < -0.3 is 34.4 Å². The van der Waals surface area contributed by atoms with Gasteiger partial charge in [0.25, 0.3) is 0 Å². The van der Waals surface area contributed by atoms with E-state index in [2.05, 4.69) is 10.3 Å². The number of nitrogens with one attached hydrogen (secondary N) is 2. The van der Waals surface area contributed by atoms with E-state index in [1.54, 1.807) is 27.5 Å². The highest BCUT2D eigenvalue weighted by Gasteiger charge is 2.49. The van der Waals surface area contributed by atoms with E-state index in [-0.39, 0.29) is 23.3 Å². The second kappa shape index (κ2) is 12.2. The first kappa shape index (κ1) is 31.1. The minimum absolute atomic E-state index is 0.0489. The van der Waals surface area contributed by atoms with Gasteiger partial charge in [-0.2, -0.15) is 0 Å². The molecule has 1 aromatic heterocycles. The van der Waals surface area contributed by atoms with Crippen molar-refractivity contribution in [3.05, 3.63) is 36.3 Å². The fourth-order valence-electron chi connectivity index (χ4n) is 5.33. The molecule has 2 aliphatic heterocycles. The van der Waals surface area contributed by atoms with Crippen LogP contribution in [0.15, 0.2) is 30.5 Å². The minimum atomic E-state index is -1.00. The molecule has 11 heteroatoms. The molecule has 2 aliphatic rings. The summed E-state index contributed by atoms with van der Waals surface area (Å²) in [5.74, 6) is 0.475. The molecule has 1 spiro atoms. The summed E-state index contributed by atoms with van der Waals surface area (Å²) in [5.41, 5.74) is 0.866. The van der Waals surface area contributed by atoms with Crippen molar-refractivity contribution in [3.8, 4) is 11.3 Å². The number of aliphatic hydroxyl groups is 1. The lowest BCUT2D eigenvalue weighted by Gasteiger charge is -2.37. The van der Waals surface area contributed by atoms with Crippen molar-refractivity contribution >= 4 is 24.9 Å². The number of likely N-dealkylation sites (tertiary alicyclic amines) is 1. The first-order chi connectivity index (χ1) is 19.2. The number of hydrogen-bond donors (Lipinski definition) is 3. The molecular formula is C30H44BN4O6. The van der Waals surface area contributed by atoms with Crippen molar-refractivity contribution in [1.29, 1.82) is 0 Å². The second-order valence-electron chi connectivity index (χ2n) is 12.8. The van der Waals surface area contributed by atoms with E-state index in [1.807, 2.05) is 56.9 Å². The van der Waals surface area contributed by atoms with Crippen molar-refractivity contribution in [2.45, 2.75) is 84.1 Å². The van der Waals surface area contributed by atoms with Crippen molar-refractivity contribution in [2.24, 2.45) is 11.3 Å². The molecule has 1 radical (unpaired) electrons. The summed E-state index contributed by atoms with van der Waals surface area (Å²) in [5, 5.41) is 13.1. The number of ether oxygens (including phenoxy) is 2. The third-order valence-corrected chi connectivity index (χ3v) is 8.83. The maximum absolute atomic E-state index is 13.9. The Labute approximate surface area is 243 Å². The van der Waals surface area contributed by atoms with Crippen LogP contribution in [0.25, 0.3) is 11.3 Å². The van der Waals surface area contributed by atoms with Gasteiger partial charge in [0, 0.05) is 19.8 Å². The lowest BCUT2D eigenvalue weighted by molar-refractivity contribution is -0.136. The van der Waals surface area contributed by atoms with Gasteiger partial charge >= 0.3 is 13.6 Å². The van der Waals surface area contributed by atoms with Gasteiger partial charge in [0.05, 0.1) is 36.2 Å². The molecule has 0 bridgehead atoms.